The van der Waals surface area contributed by atoms with Gasteiger partial charge in [0.25, 0.3) is 0 Å². The summed E-state index contributed by atoms with van der Waals surface area (Å²) < 4.78 is 0. The number of allylic oxidation sites excluding steroid dienone is 5. The molecule has 0 bridgehead atoms. The van der Waals surface area contributed by atoms with Crippen molar-refractivity contribution in [1.82, 2.24) is 0 Å². The monoisotopic (exact) mass is 222 g/mol. The van der Waals surface area contributed by atoms with Gasteiger partial charge in [-0.1, -0.05) is 19.8 Å². The first-order valence-electron chi connectivity index (χ1n) is 3.77. The molecule has 0 aromatic heterocycles. The second kappa shape index (κ2) is 5.91. The van der Waals surface area contributed by atoms with Crippen LogP contribution in [0, 0.1) is 6.08 Å². The SMILES string of the molecule is C=CC1=[C-]C(=CC)CCC1.[Y]. The second-order valence-electron chi connectivity index (χ2n) is 2.52. The van der Waals surface area contributed by atoms with Gasteiger partial charge in [-0.05, 0) is 6.42 Å². The maximum Gasteiger partial charge on any atom is 0 e. The third-order valence-electron chi connectivity index (χ3n) is 1.81. The summed E-state index contributed by atoms with van der Waals surface area (Å²) in [5, 5.41) is 0. The van der Waals surface area contributed by atoms with Gasteiger partial charge in [0.2, 0.25) is 0 Å². The van der Waals surface area contributed by atoms with Crippen molar-refractivity contribution in [3.8, 4) is 0 Å². The number of rotatable bonds is 1. The molecule has 1 rings (SSSR count). The maximum atomic E-state index is 3.73. The van der Waals surface area contributed by atoms with Crippen LogP contribution in [0.25, 0.3) is 0 Å². The van der Waals surface area contributed by atoms with E-state index < -0.39 is 0 Å². The molecule has 1 aliphatic carbocycles. The zero-order chi connectivity index (χ0) is 7.40. The Morgan fingerprint density at radius 3 is 2.73 bits per heavy atom. The van der Waals surface area contributed by atoms with Crippen LogP contribution >= 0.6 is 0 Å². The molecule has 0 atom stereocenters. The van der Waals surface area contributed by atoms with Crippen LogP contribution in [0.15, 0.2) is 29.9 Å². The molecule has 0 N–H and O–H groups in total. The summed E-state index contributed by atoms with van der Waals surface area (Å²) in [7, 11) is 0. The third-order valence-corrected chi connectivity index (χ3v) is 1.81. The largest absolute Gasteiger partial charge is 0.180 e. The first-order valence-corrected chi connectivity index (χ1v) is 3.77. The fourth-order valence-corrected chi connectivity index (χ4v) is 1.17. The Bertz CT molecular complexity index is 187. The third kappa shape index (κ3) is 3.49. The van der Waals surface area contributed by atoms with Crippen LogP contribution in [-0.2, 0) is 32.7 Å². The van der Waals surface area contributed by atoms with Gasteiger partial charge in [0.1, 0.15) is 0 Å². The van der Waals surface area contributed by atoms with Gasteiger partial charge < -0.3 is 0 Å². The van der Waals surface area contributed by atoms with E-state index in [2.05, 4.69) is 25.7 Å². The summed E-state index contributed by atoms with van der Waals surface area (Å²) >= 11 is 0. The van der Waals surface area contributed by atoms with Crippen LogP contribution in [0.4, 0.5) is 0 Å². The molecule has 0 spiro atoms. The summed E-state index contributed by atoms with van der Waals surface area (Å²) in [5.41, 5.74) is 2.60. The van der Waals surface area contributed by atoms with Gasteiger partial charge >= 0.3 is 0 Å². The van der Waals surface area contributed by atoms with Crippen LogP contribution in [-0.4, -0.2) is 0 Å². The van der Waals surface area contributed by atoms with Gasteiger partial charge in [-0.2, -0.15) is 36.0 Å². The van der Waals surface area contributed by atoms with Crippen LogP contribution < -0.4 is 0 Å². The molecule has 0 unspecified atom stereocenters. The van der Waals surface area contributed by atoms with E-state index >= 15 is 0 Å². The molecule has 0 nitrogen and oxygen atoms in total. The average Bonchev–Trinajstić information content (AvgIpc) is 2.05. The predicted molar refractivity (Wildman–Crippen MR) is 44.6 cm³/mol. The van der Waals surface area contributed by atoms with Gasteiger partial charge in [-0.3, -0.25) is 0 Å². The van der Waals surface area contributed by atoms with Crippen LogP contribution in [0.5, 0.6) is 0 Å². The molecule has 0 amide bonds. The van der Waals surface area contributed by atoms with Gasteiger partial charge in [0, 0.05) is 32.7 Å². The minimum absolute atomic E-state index is 0. The Morgan fingerprint density at radius 2 is 2.18 bits per heavy atom. The van der Waals surface area contributed by atoms with Crippen molar-refractivity contribution in [3.05, 3.63) is 36.0 Å². The number of hydrogen-bond acceptors (Lipinski definition) is 0. The molecular weight excluding hydrogens is 209 g/mol. The maximum absolute atomic E-state index is 3.73. The molecule has 57 valence electrons. The van der Waals surface area contributed by atoms with Crippen LogP contribution in [0.1, 0.15) is 26.2 Å². The molecule has 0 saturated carbocycles. The second-order valence-corrected chi connectivity index (χ2v) is 2.52. The quantitative estimate of drug-likeness (QED) is 0.598. The fourth-order valence-electron chi connectivity index (χ4n) is 1.17. The van der Waals surface area contributed by atoms with Crippen molar-refractivity contribution >= 4 is 0 Å². The van der Waals surface area contributed by atoms with Gasteiger partial charge in [0.05, 0.1) is 0 Å². The first kappa shape index (κ1) is 11.3. The Morgan fingerprint density at radius 1 is 1.45 bits per heavy atom. The Balaban J connectivity index is 0.000001000. The topological polar surface area (TPSA) is 0 Å². The van der Waals surface area contributed by atoms with E-state index in [1.54, 1.807) is 0 Å². The van der Waals surface area contributed by atoms with E-state index in [4.69, 9.17) is 0 Å². The summed E-state index contributed by atoms with van der Waals surface area (Å²) in [4.78, 5) is 0. The van der Waals surface area contributed by atoms with E-state index in [1.165, 1.54) is 24.0 Å². The van der Waals surface area contributed by atoms with Crippen molar-refractivity contribution < 1.29 is 32.7 Å². The van der Waals surface area contributed by atoms with Crippen LogP contribution in [0.2, 0.25) is 0 Å². The van der Waals surface area contributed by atoms with E-state index in [-0.39, 0.29) is 32.7 Å². The molecule has 0 heterocycles. The van der Waals surface area contributed by atoms with Crippen molar-refractivity contribution in [2.24, 2.45) is 0 Å². The zero-order valence-electron chi connectivity index (χ0n) is 7.06. The Kier molecular flexibility index (Phi) is 6.08. The predicted octanol–water partition coefficient (Wildman–Crippen LogP) is 3.03. The van der Waals surface area contributed by atoms with Gasteiger partial charge in [0.15, 0.2) is 0 Å². The summed E-state index contributed by atoms with van der Waals surface area (Å²) in [6, 6.07) is 0. The minimum atomic E-state index is 0. The molecule has 1 aliphatic rings. The normalized spacial score (nSPS) is 20.5. The van der Waals surface area contributed by atoms with E-state index in [1.807, 2.05) is 6.08 Å². The van der Waals surface area contributed by atoms with Crippen molar-refractivity contribution in [3.63, 3.8) is 0 Å². The zero-order valence-corrected chi connectivity index (χ0v) is 9.90. The van der Waals surface area contributed by atoms with E-state index in [9.17, 15) is 0 Å². The molecule has 1 radical (unpaired) electrons. The summed E-state index contributed by atoms with van der Waals surface area (Å²) in [6.45, 7) is 5.79. The van der Waals surface area contributed by atoms with Gasteiger partial charge in [-0.15, -0.1) is 0 Å². The standard InChI is InChI=1S/C10H13.Y/c1-3-9-6-5-7-10(4-2)8-9;/h3-4H,1,5-7H2,2H3;/q-1;. The van der Waals surface area contributed by atoms with Gasteiger partial charge in [-0.25, -0.2) is 0 Å². The molecule has 0 saturated heterocycles. The number of hydrogen-bond donors (Lipinski definition) is 0. The summed E-state index contributed by atoms with van der Waals surface area (Å²) in [5.74, 6) is 0. The molecule has 0 aromatic carbocycles. The molecule has 1 heteroatoms. The average molecular weight is 222 g/mol. The molecule has 0 fully saturated rings. The van der Waals surface area contributed by atoms with E-state index in [0.717, 1.165) is 6.42 Å². The fraction of sp³-hybridized carbons (Fsp3) is 0.400. The van der Waals surface area contributed by atoms with Crippen LogP contribution in [0.3, 0.4) is 0 Å². The molecule has 11 heavy (non-hydrogen) atoms. The Hall–Kier alpha value is 0.324. The van der Waals surface area contributed by atoms with E-state index in [0.29, 0.717) is 0 Å². The first-order chi connectivity index (χ1) is 4.86. The molecule has 0 aliphatic heterocycles. The molecular formula is C10H13Y-. The van der Waals surface area contributed by atoms with Crippen molar-refractivity contribution in [1.29, 1.82) is 0 Å². The smallest absolute Gasteiger partial charge is 0 e. The Labute approximate surface area is 94.3 Å². The van der Waals surface area contributed by atoms with Crippen molar-refractivity contribution in [2.75, 3.05) is 0 Å². The molecule has 0 aromatic rings. The minimum Gasteiger partial charge on any atom is -0.180 e. The van der Waals surface area contributed by atoms with Crippen molar-refractivity contribution in [2.45, 2.75) is 26.2 Å². The summed E-state index contributed by atoms with van der Waals surface area (Å²) in [6.07, 6.45) is 10.9.